The van der Waals surface area contributed by atoms with Crippen molar-refractivity contribution in [1.82, 2.24) is 10.2 Å². The molecule has 0 unspecified atom stereocenters. The van der Waals surface area contributed by atoms with Gasteiger partial charge in [-0.25, -0.2) is 0 Å². The van der Waals surface area contributed by atoms with Crippen molar-refractivity contribution in [3.05, 3.63) is 64.1 Å². The van der Waals surface area contributed by atoms with Crippen LogP contribution in [0.3, 0.4) is 0 Å². The molecule has 0 radical (unpaired) electrons. The number of amides is 2. The molecule has 2 amide bonds. The molecule has 0 aliphatic carbocycles. The van der Waals surface area contributed by atoms with Gasteiger partial charge in [-0.15, -0.1) is 0 Å². The molecule has 2 rings (SSSR count). The number of hydrogen-bond donors (Lipinski definition) is 1. The standard InChI is InChI=1S/C22H27BrN2O3/c1-5-28-19-12-8-17(9-13-19)21(26)24-20(15(2)3)22(27)25(4)14-16-6-10-18(23)11-7-16/h6-13,15,20H,5,14H2,1-4H3,(H,24,26)/t20-/m0/s1. The number of nitrogens with one attached hydrogen (secondary N) is 1. The van der Waals surface area contributed by atoms with Gasteiger partial charge in [-0.2, -0.15) is 0 Å². The smallest absolute Gasteiger partial charge is 0.251 e. The number of nitrogens with zero attached hydrogens (tertiary/aromatic N) is 1. The van der Waals surface area contributed by atoms with Crippen LogP contribution in [-0.2, 0) is 11.3 Å². The van der Waals surface area contributed by atoms with Crippen LogP contribution in [0.4, 0.5) is 0 Å². The van der Waals surface area contributed by atoms with Crippen molar-refractivity contribution in [1.29, 1.82) is 0 Å². The molecule has 0 aliphatic heterocycles. The van der Waals surface area contributed by atoms with Crippen LogP contribution in [0.2, 0.25) is 0 Å². The lowest BCUT2D eigenvalue weighted by Crippen LogP contribution is -2.50. The first kappa shape index (κ1) is 22.0. The van der Waals surface area contributed by atoms with E-state index in [-0.39, 0.29) is 17.7 Å². The Morgan fingerprint density at radius 3 is 2.21 bits per heavy atom. The third-order valence-electron chi connectivity index (χ3n) is 4.36. The third-order valence-corrected chi connectivity index (χ3v) is 4.88. The SMILES string of the molecule is CCOc1ccc(C(=O)N[C@H](C(=O)N(C)Cc2ccc(Br)cc2)C(C)C)cc1. The predicted molar refractivity (Wildman–Crippen MR) is 114 cm³/mol. The van der Waals surface area contributed by atoms with Gasteiger partial charge in [-0.3, -0.25) is 9.59 Å². The molecule has 0 fully saturated rings. The number of halogens is 1. The van der Waals surface area contributed by atoms with E-state index in [9.17, 15) is 9.59 Å². The maximum absolute atomic E-state index is 12.9. The number of ether oxygens (including phenoxy) is 1. The van der Waals surface area contributed by atoms with Gasteiger partial charge in [0.25, 0.3) is 5.91 Å². The molecule has 5 nitrogen and oxygen atoms in total. The Morgan fingerprint density at radius 2 is 1.68 bits per heavy atom. The first-order chi connectivity index (χ1) is 13.3. The Labute approximate surface area is 175 Å². The van der Waals surface area contributed by atoms with Crippen molar-refractivity contribution in [3.8, 4) is 5.75 Å². The summed E-state index contributed by atoms with van der Waals surface area (Å²) >= 11 is 3.41. The summed E-state index contributed by atoms with van der Waals surface area (Å²) in [6.07, 6.45) is 0. The highest BCUT2D eigenvalue weighted by molar-refractivity contribution is 9.10. The van der Waals surface area contributed by atoms with Gasteiger partial charge in [0, 0.05) is 23.6 Å². The van der Waals surface area contributed by atoms with E-state index >= 15 is 0 Å². The topological polar surface area (TPSA) is 58.6 Å². The molecular weight excluding hydrogens is 420 g/mol. The van der Waals surface area contributed by atoms with Gasteiger partial charge in [0.05, 0.1) is 6.61 Å². The van der Waals surface area contributed by atoms with Crippen LogP contribution in [0.1, 0.15) is 36.7 Å². The minimum atomic E-state index is -0.598. The maximum atomic E-state index is 12.9. The first-order valence-corrected chi connectivity index (χ1v) is 10.1. The highest BCUT2D eigenvalue weighted by atomic mass is 79.9. The molecule has 0 saturated carbocycles. The number of carbonyl (C=O) groups excluding carboxylic acids is 2. The molecule has 28 heavy (non-hydrogen) atoms. The Morgan fingerprint density at radius 1 is 1.07 bits per heavy atom. The van der Waals surface area contributed by atoms with Crippen LogP contribution in [0, 0.1) is 5.92 Å². The lowest BCUT2D eigenvalue weighted by molar-refractivity contribution is -0.133. The summed E-state index contributed by atoms with van der Waals surface area (Å²) in [7, 11) is 1.75. The Balaban J connectivity index is 2.05. The highest BCUT2D eigenvalue weighted by Crippen LogP contribution is 2.15. The number of hydrogen-bond acceptors (Lipinski definition) is 3. The zero-order valence-electron chi connectivity index (χ0n) is 16.7. The minimum absolute atomic E-state index is 0.0356. The van der Waals surface area contributed by atoms with Gasteiger partial charge in [-0.1, -0.05) is 41.9 Å². The summed E-state index contributed by atoms with van der Waals surface area (Å²) in [5.41, 5.74) is 1.52. The van der Waals surface area contributed by atoms with Crippen LogP contribution in [0.15, 0.2) is 53.0 Å². The van der Waals surface area contributed by atoms with Crippen molar-refractivity contribution in [2.45, 2.75) is 33.4 Å². The number of benzene rings is 2. The molecule has 2 aromatic rings. The van der Waals surface area contributed by atoms with E-state index in [1.807, 2.05) is 45.0 Å². The molecule has 6 heteroatoms. The minimum Gasteiger partial charge on any atom is -0.494 e. The lowest BCUT2D eigenvalue weighted by Gasteiger charge is -2.27. The zero-order valence-corrected chi connectivity index (χ0v) is 18.3. The summed E-state index contributed by atoms with van der Waals surface area (Å²) in [6.45, 7) is 6.81. The monoisotopic (exact) mass is 446 g/mol. The largest absolute Gasteiger partial charge is 0.494 e. The van der Waals surface area contributed by atoms with Gasteiger partial charge >= 0.3 is 0 Å². The van der Waals surface area contributed by atoms with E-state index in [4.69, 9.17) is 4.74 Å². The van der Waals surface area contributed by atoms with Crippen LogP contribution in [0.25, 0.3) is 0 Å². The fourth-order valence-corrected chi connectivity index (χ4v) is 3.05. The van der Waals surface area contributed by atoms with Crippen molar-refractivity contribution >= 4 is 27.7 Å². The van der Waals surface area contributed by atoms with E-state index in [1.54, 1.807) is 36.2 Å². The molecule has 0 saturated heterocycles. The Hall–Kier alpha value is -2.34. The maximum Gasteiger partial charge on any atom is 0.251 e. The van der Waals surface area contributed by atoms with Crippen LogP contribution in [-0.4, -0.2) is 36.4 Å². The van der Waals surface area contributed by atoms with Crippen LogP contribution < -0.4 is 10.1 Å². The second-order valence-corrected chi connectivity index (χ2v) is 7.89. The van der Waals surface area contributed by atoms with Crippen molar-refractivity contribution < 1.29 is 14.3 Å². The normalized spacial score (nSPS) is 11.8. The Bertz CT molecular complexity index is 788. The predicted octanol–water partition coefficient (Wildman–Crippen LogP) is 4.26. The highest BCUT2D eigenvalue weighted by Gasteiger charge is 2.27. The van der Waals surface area contributed by atoms with Gasteiger partial charge in [0.1, 0.15) is 11.8 Å². The quantitative estimate of drug-likeness (QED) is 0.658. The molecule has 0 aliphatic rings. The average Bonchev–Trinajstić information content (AvgIpc) is 2.67. The van der Waals surface area contributed by atoms with E-state index in [2.05, 4.69) is 21.2 Å². The molecule has 1 N–H and O–H groups in total. The summed E-state index contributed by atoms with van der Waals surface area (Å²) in [5, 5.41) is 2.88. The molecular formula is C22H27BrN2O3. The van der Waals surface area contributed by atoms with Gasteiger partial charge < -0.3 is 15.0 Å². The molecule has 150 valence electrons. The second-order valence-electron chi connectivity index (χ2n) is 6.97. The molecule has 0 heterocycles. The van der Waals surface area contributed by atoms with Gasteiger partial charge in [0.15, 0.2) is 0 Å². The second kappa shape index (κ2) is 10.3. The number of likely N-dealkylation sites (N-methyl/N-ethyl adjacent to an activating group) is 1. The summed E-state index contributed by atoms with van der Waals surface area (Å²) in [4.78, 5) is 27.2. The average molecular weight is 447 g/mol. The molecule has 0 aromatic heterocycles. The zero-order chi connectivity index (χ0) is 20.7. The summed E-state index contributed by atoms with van der Waals surface area (Å²) in [6, 6.07) is 14.1. The van der Waals surface area contributed by atoms with E-state index in [1.165, 1.54) is 0 Å². The fraction of sp³-hybridized carbons (Fsp3) is 0.364. The van der Waals surface area contributed by atoms with E-state index < -0.39 is 6.04 Å². The summed E-state index contributed by atoms with van der Waals surface area (Å²) in [5.74, 6) is 0.292. The summed E-state index contributed by atoms with van der Waals surface area (Å²) < 4.78 is 6.39. The van der Waals surface area contributed by atoms with E-state index in [0.29, 0.717) is 24.5 Å². The van der Waals surface area contributed by atoms with Crippen molar-refractivity contribution in [2.75, 3.05) is 13.7 Å². The van der Waals surface area contributed by atoms with E-state index in [0.717, 1.165) is 10.0 Å². The number of carbonyl (C=O) groups is 2. The van der Waals surface area contributed by atoms with Crippen LogP contribution in [0.5, 0.6) is 5.75 Å². The fourth-order valence-electron chi connectivity index (χ4n) is 2.79. The van der Waals surface area contributed by atoms with Gasteiger partial charge in [0.2, 0.25) is 5.91 Å². The molecule has 1 atom stereocenters. The number of rotatable bonds is 8. The van der Waals surface area contributed by atoms with Gasteiger partial charge in [-0.05, 0) is 54.8 Å². The lowest BCUT2D eigenvalue weighted by atomic mass is 10.0. The first-order valence-electron chi connectivity index (χ1n) is 9.35. The third kappa shape index (κ3) is 6.09. The van der Waals surface area contributed by atoms with Crippen LogP contribution >= 0.6 is 15.9 Å². The molecule has 2 aromatic carbocycles. The molecule has 0 spiro atoms. The molecule has 0 bridgehead atoms. The van der Waals surface area contributed by atoms with Crippen molar-refractivity contribution in [3.63, 3.8) is 0 Å². The Kier molecular flexibility index (Phi) is 8.05. The van der Waals surface area contributed by atoms with Crippen molar-refractivity contribution in [2.24, 2.45) is 5.92 Å².